The maximum Gasteiger partial charge on any atom is 0.417 e. The average Bonchev–Trinajstić information content (AvgIpc) is 3.32. The van der Waals surface area contributed by atoms with Crippen LogP contribution in [0.15, 0.2) is 53.9 Å². The summed E-state index contributed by atoms with van der Waals surface area (Å²) in [5, 5.41) is 8.88. The number of rotatable bonds is 8. The Kier molecular flexibility index (Phi) is 9.34. The summed E-state index contributed by atoms with van der Waals surface area (Å²) in [6.07, 6.45) is -4.70. The summed E-state index contributed by atoms with van der Waals surface area (Å²) >= 11 is 6.67. The molecule has 0 aliphatic carbocycles. The van der Waals surface area contributed by atoms with E-state index in [-0.39, 0.29) is 22.4 Å². The van der Waals surface area contributed by atoms with E-state index in [1.165, 1.54) is 18.5 Å². The highest BCUT2D eigenvalue weighted by molar-refractivity contribution is 7.14. The maximum absolute atomic E-state index is 13.2. The van der Waals surface area contributed by atoms with Crippen molar-refractivity contribution in [3.05, 3.63) is 75.8 Å². The van der Waals surface area contributed by atoms with Crippen molar-refractivity contribution in [2.24, 2.45) is 5.92 Å². The normalized spacial score (nSPS) is 12.1. The number of carbonyl (C=O) groups is 3. The Morgan fingerprint density at radius 2 is 1.76 bits per heavy atom. The zero-order valence-corrected chi connectivity index (χ0v) is 22.2. The first-order valence-corrected chi connectivity index (χ1v) is 12.6. The number of urea groups is 1. The van der Waals surface area contributed by atoms with Crippen molar-refractivity contribution >= 4 is 51.6 Å². The fraction of sp³-hybridized carbons (Fsp3) is 0.280. The lowest BCUT2D eigenvalue weighted by Gasteiger charge is -2.30. The van der Waals surface area contributed by atoms with Gasteiger partial charge in [-0.05, 0) is 29.7 Å². The Morgan fingerprint density at radius 1 is 1.08 bits per heavy atom. The van der Waals surface area contributed by atoms with Gasteiger partial charge in [0.25, 0.3) is 5.91 Å². The molecule has 8 nitrogen and oxygen atoms in total. The standard InChI is InChI=1S/C25H25ClF3N5O3S/c1-14(2)20(34(3)24(37)31-16-9-10-18(26)17(11-16)25(27,28)29)22(36)33-23-32-19(13-38-23)21(35)30-12-15-7-5-4-6-8-15/h4-11,13-14,20H,12H2,1-3H3,(H,30,35)(H,31,37)(H,32,33,36)/t20-/m0/s1. The number of nitrogens with one attached hydrogen (secondary N) is 3. The van der Waals surface area contributed by atoms with E-state index in [1.807, 2.05) is 30.3 Å². The van der Waals surface area contributed by atoms with Crippen LogP contribution in [0.5, 0.6) is 0 Å². The molecule has 2 aromatic carbocycles. The van der Waals surface area contributed by atoms with Gasteiger partial charge in [-0.3, -0.25) is 9.59 Å². The number of likely N-dealkylation sites (N-methyl/N-ethyl adjacent to an activating group) is 1. The van der Waals surface area contributed by atoms with Gasteiger partial charge in [-0.15, -0.1) is 11.3 Å². The molecule has 4 amide bonds. The molecule has 0 bridgehead atoms. The van der Waals surface area contributed by atoms with Gasteiger partial charge in [0.2, 0.25) is 5.91 Å². The number of aromatic nitrogens is 1. The molecule has 1 heterocycles. The summed E-state index contributed by atoms with van der Waals surface area (Å²) in [4.78, 5) is 43.5. The van der Waals surface area contributed by atoms with Gasteiger partial charge in [-0.25, -0.2) is 9.78 Å². The first-order valence-electron chi connectivity index (χ1n) is 11.4. The Balaban J connectivity index is 1.65. The number of anilines is 2. The highest BCUT2D eigenvalue weighted by Gasteiger charge is 2.34. The van der Waals surface area contributed by atoms with E-state index >= 15 is 0 Å². The number of halogens is 4. The molecule has 3 aromatic rings. The van der Waals surface area contributed by atoms with Gasteiger partial charge in [-0.1, -0.05) is 55.8 Å². The van der Waals surface area contributed by atoms with Crippen molar-refractivity contribution in [2.75, 3.05) is 17.7 Å². The van der Waals surface area contributed by atoms with Gasteiger partial charge in [0.05, 0.1) is 10.6 Å². The highest BCUT2D eigenvalue weighted by atomic mass is 35.5. The van der Waals surface area contributed by atoms with Crippen molar-refractivity contribution in [3.63, 3.8) is 0 Å². The van der Waals surface area contributed by atoms with Crippen LogP contribution < -0.4 is 16.0 Å². The molecule has 13 heteroatoms. The second kappa shape index (κ2) is 12.3. The largest absolute Gasteiger partial charge is 0.417 e. The molecule has 3 rings (SSSR count). The number of nitrogens with zero attached hydrogens (tertiary/aromatic N) is 2. The first-order chi connectivity index (χ1) is 17.9. The minimum Gasteiger partial charge on any atom is -0.347 e. The molecule has 0 aliphatic heterocycles. The second-order valence-electron chi connectivity index (χ2n) is 8.62. The number of carbonyl (C=O) groups excluding carboxylic acids is 3. The Bertz CT molecular complexity index is 1300. The molecule has 0 saturated heterocycles. The van der Waals surface area contributed by atoms with E-state index in [2.05, 4.69) is 20.9 Å². The van der Waals surface area contributed by atoms with Gasteiger partial charge in [-0.2, -0.15) is 13.2 Å². The first kappa shape index (κ1) is 28.9. The van der Waals surface area contributed by atoms with Crippen LogP contribution in [-0.4, -0.2) is 40.8 Å². The van der Waals surface area contributed by atoms with E-state index in [1.54, 1.807) is 13.8 Å². The predicted molar refractivity (Wildman–Crippen MR) is 140 cm³/mol. The maximum atomic E-state index is 13.2. The van der Waals surface area contributed by atoms with Crippen LogP contribution in [0, 0.1) is 5.92 Å². The van der Waals surface area contributed by atoms with Gasteiger partial charge in [0, 0.05) is 24.7 Å². The lowest BCUT2D eigenvalue weighted by Crippen LogP contribution is -2.49. The zero-order chi connectivity index (χ0) is 28.0. The summed E-state index contributed by atoms with van der Waals surface area (Å²) in [7, 11) is 1.35. The monoisotopic (exact) mass is 567 g/mol. The Morgan fingerprint density at radius 3 is 2.39 bits per heavy atom. The predicted octanol–water partition coefficient (Wildman–Crippen LogP) is 5.87. The van der Waals surface area contributed by atoms with Crippen LogP contribution in [0.4, 0.5) is 28.8 Å². The molecular formula is C25H25ClF3N5O3S. The lowest BCUT2D eigenvalue weighted by atomic mass is 10.0. The average molecular weight is 568 g/mol. The van der Waals surface area contributed by atoms with E-state index < -0.39 is 40.6 Å². The quantitative estimate of drug-likeness (QED) is 0.316. The smallest absolute Gasteiger partial charge is 0.347 e. The number of hydrogen-bond acceptors (Lipinski definition) is 5. The molecule has 38 heavy (non-hydrogen) atoms. The third-order valence-electron chi connectivity index (χ3n) is 5.42. The Labute approximate surface area is 226 Å². The SMILES string of the molecule is CC(C)[C@@H](C(=O)Nc1nc(C(=O)NCc2ccccc2)cs1)N(C)C(=O)Nc1ccc(Cl)c(C(F)(F)F)c1. The fourth-order valence-corrected chi connectivity index (χ4v) is 4.49. The molecule has 0 aliphatic rings. The third kappa shape index (κ3) is 7.45. The summed E-state index contributed by atoms with van der Waals surface area (Å²) in [6.45, 7) is 3.73. The van der Waals surface area contributed by atoms with Crippen LogP contribution in [0.2, 0.25) is 5.02 Å². The topological polar surface area (TPSA) is 103 Å². The molecule has 0 fully saturated rings. The van der Waals surface area contributed by atoms with E-state index in [9.17, 15) is 27.6 Å². The molecule has 1 aromatic heterocycles. The van der Waals surface area contributed by atoms with E-state index in [0.717, 1.165) is 33.9 Å². The number of amides is 4. The van der Waals surface area contributed by atoms with Crippen molar-refractivity contribution in [3.8, 4) is 0 Å². The van der Waals surface area contributed by atoms with Gasteiger partial charge in [0.15, 0.2) is 5.13 Å². The van der Waals surface area contributed by atoms with Crippen molar-refractivity contribution < 1.29 is 27.6 Å². The van der Waals surface area contributed by atoms with Crippen LogP contribution in [0.1, 0.15) is 35.5 Å². The highest BCUT2D eigenvalue weighted by Crippen LogP contribution is 2.36. The number of alkyl halides is 3. The molecule has 0 radical (unpaired) electrons. The molecule has 3 N–H and O–H groups in total. The van der Waals surface area contributed by atoms with E-state index in [4.69, 9.17) is 11.6 Å². The minimum absolute atomic E-state index is 0.122. The second-order valence-corrected chi connectivity index (χ2v) is 9.88. The zero-order valence-electron chi connectivity index (χ0n) is 20.6. The summed E-state index contributed by atoms with van der Waals surface area (Å²) < 4.78 is 39.5. The summed E-state index contributed by atoms with van der Waals surface area (Å²) in [5.41, 5.74) is -0.187. The van der Waals surface area contributed by atoms with E-state index in [0.29, 0.717) is 6.54 Å². The molecule has 1 atom stereocenters. The van der Waals surface area contributed by atoms with Gasteiger partial charge < -0.3 is 20.9 Å². The number of hydrogen-bond donors (Lipinski definition) is 3. The minimum atomic E-state index is -4.70. The summed E-state index contributed by atoms with van der Waals surface area (Å²) in [6, 6.07) is 10.5. The molecule has 0 saturated carbocycles. The van der Waals surface area contributed by atoms with Crippen molar-refractivity contribution in [1.29, 1.82) is 0 Å². The lowest BCUT2D eigenvalue weighted by molar-refractivity contribution is -0.137. The van der Waals surface area contributed by atoms with Crippen molar-refractivity contribution in [1.82, 2.24) is 15.2 Å². The van der Waals surface area contributed by atoms with Crippen LogP contribution in [0.25, 0.3) is 0 Å². The van der Waals surface area contributed by atoms with Crippen molar-refractivity contribution in [2.45, 2.75) is 32.6 Å². The number of thiazole rings is 1. The molecule has 0 spiro atoms. The third-order valence-corrected chi connectivity index (χ3v) is 6.51. The fourth-order valence-electron chi connectivity index (χ4n) is 3.57. The molecule has 0 unspecified atom stereocenters. The summed E-state index contributed by atoms with van der Waals surface area (Å²) in [5.74, 6) is -1.35. The molecular weight excluding hydrogens is 543 g/mol. The van der Waals surface area contributed by atoms with Gasteiger partial charge in [0.1, 0.15) is 11.7 Å². The van der Waals surface area contributed by atoms with Crippen LogP contribution in [-0.2, 0) is 17.5 Å². The van der Waals surface area contributed by atoms with Gasteiger partial charge >= 0.3 is 12.2 Å². The van der Waals surface area contributed by atoms with Crippen LogP contribution in [0.3, 0.4) is 0 Å². The van der Waals surface area contributed by atoms with Crippen LogP contribution >= 0.6 is 22.9 Å². The molecule has 202 valence electrons. The number of benzene rings is 2. The Hall–Kier alpha value is -3.64.